The van der Waals surface area contributed by atoms with Crippen LogP contribution >= 0.6 is 11.6 Å². The molecule has 7 nitrogen and oxygen atoms in total. The van der Waals surface area contributed by atoms with Crippen molar-refractivity contribution in [2.75, 3.05) is 31.8 Å². The van der Waals surface area contributed by atoms with Gasteiger partial charge in [-0.1, -0.05) is 11.6 Å². The molecule has 1 aromatic rings. The molecule has 1 heterocycles. The van der Waals surface area contributed by atoms with Crippen molar-refractivity contribution in [2.24, 2.45) is 0 Å². The summed E-state index contributed by atoms with van der Waals surface area (Å²) in [4.78, 5) is 7.69. The fraction of sp³-hybridized carbons (Fsp3) is 0.500. The Morgan fingerprint density at radius 2 is 2.12 bits per heavy atom. The van der Waals surface area contributed by atoms with E-state index in [0.29, 0.717) is 18.1 Å². The number of methoxy groups -OCH3 is 1. The Kier molecular flexibility index (Phi) is 4.91. The van der Waals surface area contributed by atoms with E-state index in [2.05, 4.69) is 20.0 Å². The van der Waals surface area contributed by atoms with Crippen LogP contribution in [0.5, 0.6) is 5.75 Å². The molecule has 0 atom stereocenters. The van der Waals surface area contributed by atoms with Crippen molar-refractivity contribution in [3.05, 3.63) is 11.5 Å². The van der Waals surface area contributed by atoms with Crippen molar-refractivity contribution >= 4 is 27.4 Å². The molecule has 0 bridgehead atoms. The number of hydrogen-bond acceptors (Lipinski definition) is 6. The maximum atomic E-state index is 10.8. The molecule has 1 rings (SSSR count). The molecule has 0 spiro atoms. The molecule has 2 N–H and O–H groups in total. The number of ether oxygens (including phenoxy) is 1. The first-order chi connectivity index (χ1) is 7.94. The van der Waals surface area contributed by atoms with Crippen molar-refractivity contribution in [1.82, 2.24) is 14.7 Å². The summed E-state index contributed by atoms with van der Waals surface area (Å²) in [5.41, 5.74) is 0. The minimum atomic E-state index is -3.18. The van der Waals surface area contributed by atoms with Crippen LogP contribution in [0.4, 0.5) is 5.82 Å². The molecule has 96 valence electrons. The maximum Gasteiger partial charge on any atom is 0.208 e. The molecule has 0 fully saturated rings. The quantitative estimate of drug-likeness (QED) is 0.567. The molecule has 0 unspecified atom stereocenters. The number of rotatable bonds is 6. The molecule has 0 radical (unpaired) electrons. The number of aromatic nitrogens is 2. The van der Waals surface area contributed by atoms with Gasteiger partial charge in [0.1, 0.15) is 6.33 Å². The van der Waals surface area contributed by atoms with Gasteiger partial charge in [0, 0.05) is 13.1 Å². The summed E-state index contributed by atoms with van der Waals surface area (Å²) in [7, 11) is -1.73. The van der Waals surface area contributed by atoms with Gasteiger partial charge in [-0.05, 0) is 0 Å². The van der Waals surface area contributed by atoms with Gasteiger partial charge in [-0.3, -0.25) is 0 Å². The minimum absolute atomic E-state index is 0.195. The van der Waals surface area contributed by atoms with Gasteiger partial charge in [-0.15, -0.1) is 0 Å². The predicted molar refractivity (Wildman–Crippen MR) is 64.9 cm³/mol. The average molecular weight is 281 g/mol. The molecule has 1 aromatic heterocycles. The smallest absolute Gasteiger partial charge is 0.208 e. The second-order valence-corrected chi connectivity index (χ2v) is 5.33. The summed E-state index contributed by atoms with van der Waals surface area (Å²) in [5.74, 6) is 0.747. The highest BCUT2D eigenvalue weighted by atomic mass is 35.5. The van der Waals surface area contributed by atoms with Gasteiger partial charge in [0.25, 0.3) is 0 Å². The van der Waals surface area contributed by atoms with Gasteiger partial charge in [0.2, 0.25) is 10.0 Å². The summed E-state index contributed by atoms with van der Waals surface area (Å²) in [6.45, 7) is 0.598. The van der Waals surface area contributed by atoms with Crippen LogP contribution in [0.1, 0.15) is 0 Å². The van der Waals surface area contributed by atoms with Crippen LogP contribution in [0.25, 0.3) is 0 Å². The van der Waals surface area contributed by atoms with Crippen LogP contribution < -0.4 is 14.8 Å². The van der Waals surface area contributed by atoms with Gasteiger partial charge in [0.15, 0.2) is 16.7 Å². The molecule has 0 saturated carbocycles. The number of nitrogens with zero attached hydrogens (tertiary/aromatic N) is 2. The third-order valence-corrected chi connectivity index (χ3v) is 2.74. The Balaban J connectivity index is 2.55. The zero-order valence-corrected chi connectivity index (χ0v) is 11.0. The van der Waals surface area contributed by atoms with E-state index < -0.39 is 10.0 Å². The summed E-state index contributed by atoms with van der Waals surface area (Å²) >= 11 is 5.79. The van der Waals surface area contributed by atoms with Crippen LogP contribution in [-0.2, 0) is 10.0 Å². The number of hydrogen-bond donors (Lipinski definition) is 2. The largest absolute Gasteiger partial charge is 0.490 e. The lowest BCUT2D eigenvalue weighted by atomic mass is 10.5. The van der Waals surface area contributed by atoms with Crippen LogP contribution in [-0.4, -0.2) is 44.8 Å². The number of sulfonamides is 1. The molecule has 0 aliphatic heterocycles. The minimum Gasteiger partial charge on any atom is -0.490 e. The second kappa shape index (κ2) is 5.99. The van der Waals surface area contributed by atoms with E-state index in [1.807, 2.05) is 0 Å². The van der Waals surface area contributed by atoms with Gasteiger partial charge >= 0.3 is 0 Å². The molecular weight excluding hydrogens is 268 g/mol. The lowest BCUT2D eigenvalue weighted by Gasteiger charge is -2.10. The predicted octanol–water partition coefficient (Wildman–Crippen LogP) is 0.0997. The Morgan fingerprint density at radius 3 is 2.71 bits per heavy atom. The molecule has 9 heteroatoms. The third kappa shape index (κ3) is 4.72. The summed E-state index contributed by atoms with van der Waals surface area (Å²) < 4.78 is 29.0. The highest BCUT2D eigenvalue weighted by Gasteiger charge is 2.09. The molecule has 0 aliphatic carbocycles. The zero-order chi connectivity index (χ0) is 12.9. The first-order valence-electron chi connectivity index (χ1n) is 4.67. The highest BCUT2D eigenvalue weighted by molar-refractivity contribution is 7.88. The topological polar surface area (TPSA) is 93.2 Å². The standard InChI is InChI=1S/C8H13ClN4O3S/c1-16-6-7(9)11-5-12-8(6)10-3-4-13-17(2,14)15/h5,13H,3-4H2,1-2H3,(H,10,11,12). The molecule has 17 heavy (non-hydrogen) atoms. The first kappa shape index (κ1) is 13.9. The van der Waals surface area contributed by atoms with E-state index in [-0.39, 0.29) is 11.7 Å². The third-order valence-electron chi connectivity index (χ3n) is 1.75. The van der Waals surface area contributed by atoms with Crippen LogP contribution in [0, 0.1) is 0 Å². The van der Waals surface area contributed by atoms with Crippen molar-refractivity contribution in [3.63, 3.8) is 0 Å². The fourth-order valence-corrected chi connectivity index (χ4v) is 1.76. The lowest BCUT2D eigenvalue weighted by molar-refractivity contribution is 0.413. The first-order valence-corrected chi connectivity index (χ1v) is 6.94. The molecule has 0 amide bonds. The Labute approximate surface area is 105 Å². The zero-order valence-electron chi connectivity index (χ0n) is 9.40. The molecular formula is C8H13ClN4O3S. The summed E-state index contributed by atoms with van der Waals surface area (Å²) in [6.07, 6.45) is 2.38. The van der Waals surface area contributed by atoms with Crippen LogP contribution in [0.15, 0.2) is 6.33 Å². The van der Waals surface area contributed by atoms with Gasteiger partial charge in [-0.2, -0.15) is 0 Å². The molecule has 0 aliphatic rings. The van der Waals surface area contributed by atoms with Crippen molar-refractivity contribution in [1.29, 1.82) is 0 Å². The van der Waals surface area contributed by atoms with E-state index in [1.54, 1.807) is 0 Å². The fourth-order valence-electron chi connectivity index (χ4n) is 1.08. The highest BCUT2D eigenvalue weighted by Crippen LogP contribution is 2.27. The SMILES string of the molecule is COc1c(Cl)ncnc1NCCNS(C)(=O)=O. The maximum absolute atomic E-state index is 10.8. The van der Waals surface area contributed by atoms with E-state index in [4.69, 9.17) is 16.3 Å². The number of nitrogens with one attached hydrogen (secondary N) is 2. The van der Waals surface area contributed by atoms with E-state index in [1.165, 1.54) is 13.4 Å². The van der Waals surface area contributed by atoms with Crippen molar-refractivity contribution in [2.45, 2.75) is 0 Å². The summed E-state index contributed by atoms with van der Waals surface area (Å²) in [5, 5.41) is 3.09. The Bertz CT molecular complexity index is 480. The van der Waals surface area contributed by atoms with Crippen molar-refractivity contribution in [3.8, 4) is 5.75 Å². The van der Waals surface area contributed by atoms with E-state index in [0.717, 1.165) is 6.26 Å². The van der Waals surface area contributed by atoms with E-state index >= 15 is 0 Å². The molecule has 0 aromatic carbocycles. The van der Waals surface area contributed by atoms with Crippen molar-refractivity contribution < 1.29 is 13.2 Å². The number of halogens is 1. The van der Waals surface area contributed by atoms with Gasteiger partial charge in [0.05, 0.1) is 13.4 Å². The monoisotopic (exact) mass is 280 g/mol. The van der Waals surface area contributed by atoms with Crippen LogP contribution in [0.2, 0.25) is 5.15 Å². The van der Waals surface area contributed by atoms with Gasteiger partial charge < -0.3 is 10.1 Å². The van der Waals surface area contributed by atoms with E-state index in [9.17, 15) is 8.42 Å². The number of anilines is 1. The van der Waals surface area contributed by atoms with Gasteiger partial charge in [-0.25, -0.2) is 23.1 Å². The Morgan fingerprint density at radius 1 is 1.41 bits per heavy atom. The lowest BCUT2D eigenvalue weighted by Crippen LogP contribution is -2.27. The Hall–Kier alpha value is -1.12. The van der Waals surface area contributed by atoms with Crippen LogP contribution in [0.3, 0.4) is 0 Å². The molecule has 0 saturated heterocycles. The average Bonchev–Trinajstić information content (AvgIpc) is 2.23. The second-order valence-electron chi connectivity index (χ2n) is 3.14. The summed E-state index contributed by atoms with van der Waals surface area (Å²) in [6, 6.07) is 0. The normalized spacial score (nSPS) is 11.2.